The lowest BCUT2D eigenvalue weighted by Gasteiger charge is -2.07. The molecule has 0 aromatic rings. The van der Waals surface area contributed by atoms with Crippen LogP contribution in [-0.2, 0) is 0 Å². The second-order valence-corrected chi connectivity index (χ2v) is 2.74. The van der Waals surface area contributed by atoms with E-state index >= 15 is 0 Å². The van der Waals surface area contributed by atoms with Crippen LogP contribution in [0.1, 0.15) is 33.1 Å². The zero-order chi connectivity index (χ0) is 7.11. The molecule has 56 valence electrons. The van der Waals surface area contributed by atoms with Gasteiger partial charge in [0.15, 0.2) is 0 Å². The Bertz CT molecular complexity index is 56.9. The fourth-order valence-corrected chi connectivity index (χ4v) is 0.984. The van der Waals surface area contributed by atoms with Crippen molar-refractivity contribution >= 4 is 11.6 Å². The maximum absolute atomic E-state index is 5.85. The van der Waals surface area contributed by atoms with Crippen LogP contribution < -0.4 is 5.32 Å². The average Bonchev–Trinajstić information content (AvgIpc) is 1.85. The summed E-state index contributed by atoms with van der Waals surface area (Å²) in [7, 11) is 0. The molecule has 1 nitrogen and oxygen atoms in total. The molecule has 0 radical (unpaired) electrons. The predicted octanol–water partition coefficient (Wildman–Crippen LogP) is 2.35. The van der Waals surface area contributed by atoms with Crippen LogP contribution in [0.3, 0.4) is 0 Å². The molecule has 0 bridgehead atoms. The lowest BCUT2D eigenvalue weighted by atomic mass is 10.3. The standard InChI is InChI=1S/C7H16ClN/c1-3-5-7(8)9-6-4-2/h7,9H,3-6H2,1-2H3. The summed E-state index contributed by atoms with van der Waals surface area (Å²) in [5, 5.41) is 3.20. The van der Waals surface area contributed by atoms with Crippen molar-refractivity contribution in [2.24, 2.45) is 0 Å². The van der Waals surface area contributed by atoms with Crippen LogP contribution >= 0.6 is 11.6 Å². The van der Waals surface area contributed by atoms with Crippen molar-refractivity contribution in [3.05, 3.63) is 0 Å². The van der Waals surface area contributed by atoms with E-state index in [2.05, 4.69) is 19.2 Å². The minimum absolute atomic E-state index is 0.190. The highest BCUT2D eigenvalue weighted by Gasteiger charge is 1.97. The molecular weight excluding hydrogens is 134 g/mol. The quantitative estimate of drug-likeness (QED) is 0.468. The second kappa shape index (κ2) is 6.37. The van der Waals surface area contributed by atoms with Gasteiger partial charge in [0.1, 0.15) is 0 Å². The molecule has 0 aliphatic heterocycles. The van der Waals surface area contributed by atoms with E-state index in [9.17, 15) is 0 Å². The zero-order valence-electron chi connectivity index (χ0n) is 6.28. The van der Waals surface area contributed by atoms with Crippen molar-refractivity contribution in [3.63, 3.8) is 0 Å². The number of halogens is 1. The summed E-state index contributed by atoms with van der Waals surface area (Å²) in [5.74, 6) is 0. The monoisotopic (exact) mass is 149 g/mol. The first-order chi connectivity index (χ1) is 4.31. The van der Waals surface area contributed by atoms with Gasteiger partial charge < -0.3 is 5.32 Å². The van der Waals surface area contributed by atoms with Gasteiger partial charge in [-0.05, 0) is 19.4 Å². The Morgan fingerprint density at radius 2 is 2.00 bits per heavy atom. The normalized spacial score (nSPS) is 13.7. The lowest BCUT2D eigenvalue weighted by Crippen LogP contribution is -2.23. The third-order valence-electron chi connectivity index (χ3n) is 1.16. The van der Waals surface area contributed by atoms with Gasteiger partial charge in [0.25, 0.3) is 0 Å². The third-order valence-corrected chi connectivity index (χ3v) is 1.53. The average molecular weight is 150 g/mol. The Hall–Kier alpha value is 0.250. The number of alkyl halides is 1. The maximum atomic E-state index is 5.85. The van der Waals surface area contributed by atoms with Gasteiger partial charge in [0.2, 0.25) is 0 Å². The Balaban J connectivity index is 2.95. The van der Waals surface area contributed by atoms with Crippen molar-refractivity contribution in [1.29, 1.82) is 0 Å². The van der Waals surface area contributed by atoms with E-state index in [1.54, 1.807) is 0 Å². The molecule has 2 heteroatoms. The molecule has 0 saturated heterocycles. The van der Waals surface area contributed by atoms with Crippen molar-refractivity contribution in [1.82, 2.24) is 5.32 Å². The van der Waals surface area contributed by atoms with Crippen molar-refractivity contribution < 1.29 is 0 Å². The van der Waals surface area contributed by atoms with Crippen LogP contribution in [-0.4, -0.2) is 12.0 Å². The van der Waals surface area contributed by atoms with Gasteiger partial charge >= 0.3 is 0 Å². The molecule has 0 saturated carbocycles. The van der Waals surface area contributed by atoms with Crippen molar-refractivity contribution in [3.8, 4) is 0 Å². The molecule has 0 aromatic carbocycles. The predicted molar refractivity (Wildman–Crippen MR) is 42.8 cm³/mol. The number of hydrogen-bond donors (Lipinski definition) is 1. The van der Waals surface area contributed by atoms with E-state index in [0.29, 0.717) is 0 Å². The van der Waals surface area contributed by atoms with E-state index in [1.165, 1.54) is 0 Å². The number of nitrogens with one attached hydrogen (secondary N) is 1. The van der Waals surface area contributed by atoms with Gasteiger partial charge in [-0.1, -0.05) is 20.3 Å². The van der Waals surface area contributed by atoms with E-state index in [1.807, 2.05) is 0 Å². The lowest BCUT2D eigenvalue weighted by molar-refractivity contribution is 0.589. The van der Waals surface area contributed by atoms with Gasteiger partial charge in [0.05, 0.1) is 5.50 Å². The first kappa shape index (κ1) is 9.25. The first-order valence-corrected chi connectivity index (χ1v) is 4.12. The van der Waals surface area contributed by atoms with Crippen LogP contribution in [0.2, 0.25) is 0 Å². The van der Waals surface area contributed by atoms with E-state index < -0.39 is 0 Å². The van der Waals surface area contributed by atoms with Crippen LogP contribution in [0, 0.1) is 0 Å². The van der Waals surface area contributed by atoms with Gasteiger partial charge in [-0.3, -0.25) is 0 Å². The summed E-state index contributed by atoms with van der Waals surface area (Å²) in [6.45, 7) is 5.32. The Morgan fingerprint density at radius 1 is 1.33 bits per heavy atom. The van der Waals surface area contributed by atoms with Gasteiger partial charge in [-0.2, -0.15) is 0 Å². The topological polar surface area (TPSA) is 12.0 Å². The highest BCUT2D eigenvalue weighted by atomic mass is 35.5. The third kappa shape index (κ3) is 6.13. The van der Waals surface area contributed by atoms with Crippen molar-refractivity contribution in [2.75, 3.05) is 6.54 Å². The molecule has 0 aliphatic carbocycles. The fourth-order valence-electron chi connectivity index (χ4n) is 0.656. The molecule has 0 heterocycles. The van der Waals surface area contributed by atoms with Crippen molar-refractivity contribution in [2.45, 2.75) is 38.6 Å². The summed E-state index contributed by atoms with van der Waals surface area (Å²) in [5.41, 5.74) is 0.190. The second-order valence-electron chi connectivity index (χ2n) is 2.21. The number of hydrogen-bond acceptors (Lipinski definition) is 1. The fraction of sp³-hybridized carbons (Fsp3) is 1.00. The minimum Gasteiger partial charge on any atom is -0.301 e. The summed E-state index contributed by atoms with van der Waals surface area (Å²) in [4.78, 5) is 0. The molecule has 1 N–H and O–H groups in total. The smallest absolute Gasteiger partial charge is 0.0825 e. The van der Waals surface area contributed by atoms with Gasteiger partial charge in [-0.15, -0.1) is 11.6 Å². The van der Waals surface area contributed by atoms with Gasteiger partial charge in [-0.25, -0.2) is 0 Å². The summed E-state index contributed by atoms with van der Waals surface area (Å²) >= 11 is 5.85. The number of rotatable bonds is 5. The minimum atomic E-state index is 0.190. The zero-order valence-corrected chi connectivity index (χ0v) is 7.04. The highest BCUT2D eigenvalue weighted by Crippen LogP contribution is 1.99. The summed E-state index contributed by atoms with van der Waals surface area (Å²) in [6, 6.07) is 0. The molecule has 0 amide bonds. The molecule has 9 heavy (non-hydrogen) atoms. The van der Waals surface area contributed by atoms with Crippen LogP contribution in [0.25, 0.3) is 0 Å². The first-order valence-electron chi connectivity index (χ1n) is 3.68. The van der Waals surface area contributed by atoms with Crippen LogP contribution in [0.5, 0.6) is 0 Å². The SMILES string of the molecule is CCCNC(Cl)CCC. The molecular formula is C7H16ClN. The van der Waals surface area contributed by atoms with Crippen LogP contribution in [0.4, 0.5) is 0 Å². The molecule has 1 unspecified atom stereocenters. The Labute approximate surface area is 62.8 Å². The molecule has 1 atom stereocenters. The highest BCUT2D eigenvalue weighted by molar-refractivity contribution is 6.20. The summed E-state index contributed by atoms with van der Waals surface area (Å²) < 4.78 is 0. The van der Waals surface area contributed by atoms with E-state index in [4.69, 9.17) is 11.6 Å². The Morgan fingerprint density at radius 3 is 2.44 bits per heavy atom. The summed E-state index contributed by atoms with van der Waals surface area (Å²) in [6.07, 6.45) is 3.39. The molecule has 0 aromatic heterocycles. The molecule has 0 fully saturated rings. The Kier molecular flexibility index (Phi) is 6.55. The van der Waals surface area contributed by atoms with E-state index in [0.717, 1.165) is 25.8 Å². The molecule has 0 aliphatic rings. The van der Waals surface area contributed by atoms with Gasteiger partial charge in [0, 0.05) is 0 Å². The van der Waals surface area contributed by atoms with Crippen LogP contribution in [0.15, 0.2) is 0 Å². The maximum Gasteiger partial charge on any atom is 0.0825 e. The largest absolute Gasteiger partial charge is 0.301 e. The molecule has 0 rings (SSSR count). The van der Waals surface area contributed by atoms with E-state index in [-0.39, 0.29) is 5.50 Å². The molecule has 0 spiro atoms.